The van der Waals surface area contributed by atoms with Gasteiger partial charge in [-0.2, -0.15) is 0 Å². The van der Waals surface area contributed by atoms with E-state index in [-0.39, 0.29) is 12.5 Å². The van der Waals surface area contributed by atoms with Gasteiger partial charge in [-0.15, -0.1) is 0 Å². The van der Waals surface area contributed by atoms with Crippen LogP contribution in [0.2, 0.25) is 10.0 Å². The molecule has 1 unspecified atom stereocenters. The molecule has 2 aromatic rings. The van der Waals surface area contributed by atoms with E-state index in [0.29, 0.717) is 36.3 Å². The Balaban J connectivity index is 1.62. The molecule has 3 rings (SSSR count). The predicted octanol–water partition coefficient (Wildman–Crippen LogP) is 4.73. The van der Waals surface area contributed by atoms with Crippen molar-refractivity contribution in [3.8, 4) is 5.75 Å². The van der Waals surface area contributed by atoms with Crippen LogP contribution in [0.15, 0.2) is 36.4 Å². The highest BCUT2D eigenvalue weighted by Crippen LogP contribution is 2.28. The van der Waals surface area contributed by atoms with Crippen LogP contribution in [0.3, 0.4) is 0 Å². The number of ether oxygens (including phenoxy) is 2. The molecular weight excluding hydrogens is 401 g/mol. The predicted molar refractivity (Wildman–Crippen MR) is 109 cm³/mol. The maximum Gasteiger partial charge on any atom is 0.304 e. The molecule has 150 valence electrons. The van der Waals surface area contributed by atoms with Crippen LogP contribution >= 0.6 is 23.2 Å². The van der Waals surface area contributed by atoms with Crippen molar-refractivity contribution in [1.29, 1.82) is 0 Å². The van der Waals surface area contributed by atoms with Crippen molar-refractivity contribution < 1.29 is 19.4 Å². The molecule has 0 bridgehead atoms. The second-order valence-electron chi connectivity index (χ2n) is 6.89. The summed E-state index contributed by atoms with van der Waals surface area (Å²) in [6.07, 6.45) is 0.0785. The molecule has 1 N–H and O–H groups in total. The van der Waals surface area contributed by atoms with Crippen LogP contribution in [0, 0.1) is 6.92 Å². The van der Waals surface area contributed by atoms with Crippen molar-refractivity contribution in [2.45, 2.75) is 26.1 Å². The Hall–Kier alpha value is -1.79. The SMILES string of the molecule is Cc1cc(OCc2cc(Cl)cc(Cl)c2)ccc1C1CN(CCC(=O)O)CCO1. The summed E-state index contributed by atoms with van der Waals surface area (Å²) in [6, 6.07) is 11.3. The molecule has 1 aliphatic heterocycles. The Morgan fingerprint density at radius 1 is 1.25 bits per heavy atom. The highest BCUT2D eigenvalue weighted by atomic mass is 35.5. The van der Waals surface area contributed by atoms with Crippen LogP contribution in [0.5, 0.6) is 5.75 Å². The lowest BCUT2D eigenvalue weighted by molar-refractivity contribution is -0.137. The van der Waals surface area contributed by atoms with Gasteiger partial charge in [0.25, 0.3) is 0 Å². The zero-order valence-corrected chi connectivity index (χ0v) is 17.2. The first kappa shape index (κ1) is 20.9. The van der Waals surface area contributed by atoms with E-state index in [1.165, 1.54) is 0 Å². The third-order valence-corrected chi connectivity index (χ3v) is 5.14. The summed E-state index contributed by atoms with van der Waals surface area (Å²) < 4.78 is 11.8. The Labute approximate surface area is 174 Å². The highest BCUT2D eigenvalue weighted by molar-refractivity contribution is 6.34. The average Bonchev–Trinajstić information content (AvgIpc) is 2.64. The summed E-state index contributed by atoms with van der Waals surface area (Å²) in [7, 11) is 0. The third-order valence-electron chi connectivity index (χ3n) is 4.71. The number of rotatable bonds is 7. The minimum Gasteiger partial charge on any atom is -0.489 e. The van der Waals surface area contributed by atoms with E-state index in [2.05, 4.69) is 4.90 Å². The van der Waals surface area contributed by atoms with Crippen LogP contribution in [-0.4, -0.2) is 42.2 Å². The van der Waals surface area contributed by atoms with Gasteiger partial charge in [0, 0.05) is 29.7 Å². The monoisotopic (exact) mass is 423 g/mol. The Morgan fingerprint density at radius 3 is 2.68 bits per heavy atom. The van der Waals surface area contributed by atoms with E-state index < -0.39 is 5.97 Å². The van der Waals surface area contributed by atoms with Gasteiger partial charge in [0.1, 0.15) is 12.4 Å². The van der Waals surface area contributed by atoms with E-state index in [1.807, 2.05) is 37.3 Å². The standard InChI is InChI=1S/C21H23Cl2NO4/c1-14-8-18(28-13-15-9-16(22)11-17(23)10-15)2-3-19(14)20-12-24(6-7-27-20)5-4-21(25)26/h2-3,8-11,20H,4-7,12-13H2,1H3,(H,25,26). The van der Waals surface area contributed by atoms with Crippen LogP contribution in [-0.2, 0) is 16.1 Å². The second kappa shape index (κ2) is 9.61. The molecule has 7 heteroatoms. The average molecular weight is 424 g/mol. The molecule has 1 saturated heterocycles. The van der Waals surface area contributed by atoms with Crippen LogP contribution in [0.4, 0.5) is 0 Å². The van der Waals surface area contributed by atoms with Gasteiger partial charge in [0.15, 0.2) is 0 Å². The van der Waals surface area contributed by atoms with Crippen molar-refractivity contribution >= 4 is 29.2 Å². The fourth-order valence-electron chi connectivity index (χ4n) is 3.31. The molecular formula is C21H23Cl2NO4. The number of benzene rings is 2. The van der Waals surface area contributed by atoms with E-state index in [4.69, 9.17) is 37.8 Å². The third kappa shape index (κ3) is 5.85. The maximum absolute atomic E-state index is 10.8. The lowest BCUT2D eigenvalue weighted by atomic mass is 10.0. The Morgan fingerprint density at radius 2 is 2.00 bits per heavy atom. The summed E-state index contributed by atoms with van der Waals surface area (Å²) in [5.41, 5.74) is 3.08. The summed E-state index contributed by atoms with van der Waals surface area (Å²) in [5.74, 6) is -0.0161. The molecule has 1 atom stereocenters. The van der Waals surface area contributed by atoms with Crippen LogP contribution < -0.4 is 4.74 Å². The zero-order chi connectivity index (χ0) is 20.1. The summed E-state index contributed by atoms with van der Waals surface area (Å²) >= 11 is 12.0. The fourth-order valence-corrected chi connectivity index (χ4v) is 3.88. The largest absolute Gasteiger partial charge is 0.489 e. The number of aliphatic carboxylic acids is 1. The van der Waals surface area contributed by atoms with E-state index in [9.17, 15) is 4.79 Å². The van der Waals surface area contributed by atoms with Crippen LogP contribution in [0.25, 0.3) is 0 Å². The topological polar surface area (TPSA) is 59.0 Å². The molecule has 2 aromatic carbocycles. The fraction of sp³-hybridized carbons (Fsp3) is 0.381. The molecule has 1 heterocycles. The Kier molecular flexibility index (Phi) is 7.18. The van der Waals surface area contributed by atoms with Gasteiger partial charge in [-0.1, -0.05) is 29.3 Å². The van der Waals surface area contributed by atoms with Gasteiger partial charge in [-0.25, -0.2) is 0 Å². The van der Waals surface area contributed by atoms with Gasteiger partial charge < -0.3 is 14.6 Å². The van der Waals surface area contributed by atoms with Crippen molar-refractivity contribution in [3.05, 3.63) is 63.1 Å². The molecule has 0 aliphatic carbocycles. The summed E-state index contributed by atoms with van der Waals surface area (Å²) in [6.45, 7) is 4.98. The minimum absolute atomic E-state index is 0.0664. The minimum atomic E-state index is -0.776. The number of aryl methyl sites for hydroxylation is 1. The van der Waals surface area contributed by atoms with Gasteiger partial charge in [-0.05, 0) is 53.9 Å². The smallest absolute Gasteiger partial charge is 0.304 e. The first-order chi connectivity index (χ1) is 13.4. The quantitative estimate of drug-likeness (QED) is 0.697. The van der Waals surface area contributed by atoms with Crippen LogP contribution in [0.1, 0.15) is 29.2 Å². The van der Waals surface area contributed by atoms with E-state index in [1.54, 1.807) is 6.07 Å². The van der Waals surface area contributed by atoms with Crippen molar-refractivity contribution in [2.75, 3.05) is 26.2 Å². The highest BCUT2D eigenvalue weighted by Gasteiger charge is 2.23. The summed E-state index contributed by atoms with van der Waals surface area (Å²) in [5, 5.41) is 10.0. The van der Waals surface area contributed by atoms with E-state index >= 15 is 0 Å². The number of carbonyl (C=O) groups is 1. The number of hydrogen-bond acceptors (Lipinski definition) is 4. The molecule has 0 aromatic heterocycles. The van der Waals surface area contributed by atoms with Gasteiger partial charge in [-0.3, -0.25) is 9.69 Å². The zero-order valence-electron chi connectivity index (χ0n) is 15.7. The molecule has 28 heavy (non-hydrogen) atoms. The molecule has 5 nitrogen and oxygen atoms in total. The lowest BCUT2D eigenvalue weighted by Gasteiger charge is -2.33. The Bertz CT molecular complexity index is 823. The number of nitrogens with zero attached hydrogens (tertiary/aromatic N) is 1. The first-order valence-electron chi connectivity index (χ1n) is 9.15. The second-order valence-corrected chi connectivity index (χ2v) is 7.76. The van der Waals surface area contributed by atoms with Crippen molar-refractivity contribution in [2.24, 2.45) is 0 Å². The molecule has 0 saturated carbocycles. The summed E-state index contributed by atoms with van der Waals surface area (Å²) in [4.78, 5) is 12.9. The normalized spacial score (nSPS) is 17.5. The maximum atomic E-state index is 10.8. The van der Waals surface area contributed by atoms with Crippen molar-refractivity contribution in [1.82, 2.24) is 4.90 Å². The first-order valence-corrected chi connectivity index (χ1v) is 9.90. The van der Waals surface area contributed by atoms with Gasteiger partial charge >= 0.3 is 5.97 Å². The lowest BCUT2D eigenvalue weighted by Crippen LogP contribution is -2.39. The van der Waals surface area contributed by atoms with E-state index in [0.717, 1.165) is 29.0 Å². The molecule has 1 fully saturated rings. The van der Waals surface area contributed by atoms with Crippen molar-refractivity contribution in [3.63, 3.8) is 0 Å². The molecule has 0 radical (unpaired) electrons. The number of carboxylic acid groups (broad SMARTS) is 1. The number of halogens is 2. The number of carboxylic acids is 1. The number of hydrogen-bond donors (Lipinski definition) is 1. The molecule has 0 amide bonds. The van der Waals surface area contributed by atoms with Gasteiger partial charge in [0.2, 0.25) is 0 Å². The molecule has 1 aliphatic rings. The number of morpholine rings is 1. The van der Waals surface area contributed by atoms with Gasteiger partial charge in [0.05, 0.1) is 19.1 Å². The molecule has 0 spiro atoms.